The Hall–Kier alpha value is -3.92. The van der Waals surface area contributed by atoms with E-state index in [0.717, 1.165) is 5.56 Å². The van der Waals surface area contributed by atoms with Crippen LogP contribution in [0.3, 0.4) is 0 Å². The predicted octanol–water partition coefficient (Wildman–Crippen LogP) is 4.09. The van der Waals surface area contributed by atoms with Gasteiger partial charge in [-0.1, -0.05) is 24.3 Å². The average Bonchev–Trinajstić information content (AvgIpc) is 2.67. The van der Waals surface area contributed by atoms with Gasteiger partial charge in [0.15, 0.2) is 0 Å². The highest BCUT2D eigenvalue weighted by molar-refractivity contribution is 5.91. The topological polar surface area (TPSA) is 115 Å². The smallest absolute Gasteiger partial charge is 0.270 e. The molecule has 0 aliphatic heterocycles. The zero-order valence-corrected chi connectivity index (χ0v) is 14.8. The molecule has 0 bridgehead atoms. The lowest BCUT2D eigenvalue weighted by Gasteiger charge is -2.16. The third kappa shape index (κ3) is 3.28. The molecule has 7 nitrogen and oxygen atoms in total. The minimum absolute atomic E-state index is 0.0647. The third-order valence-corrected chi connectivity index (χ3v) is 4.24. The Balaban J connectivity index is 2.35. The van der Waals surface area contributed by atoms with Gasteiger partial charge in [-0.25, -0.2) is 4.98 Å². The molecule has 0 saturated carbocycles. The van der Waals surface area contributed by atoms with Crippen LogP contribution in [0.5, 0.6) is 5.75 Å². The molecule has 0 saturated heterocycles. The van der Waals surface area contributed by atoms with Crippen molar-refractivity contribution in [2.75, 3.05) is 12.8 Å². The number of ether oxygens (including phenoxy) is 1. The van der Waals surface area contributed by atoms with E-state index in [-0.39, 0.29) is 17.1 Å². The number of hydrogen-bond donors (Lipinski definition) is 1. The van der Waals surface area contributed by atoms with Gasteiger partial charge in [0.1, 0.15) is 23.2 Å². The van der Waals surface area contributed by atoms with Gasteiger partial charge in [-0.2, -0.15) is 5.26 Å². The number of benzene rings is 2. The first-order valence-electron chi connectivity index (χ1n) is 8.05. The van der Waals surface area contributed by atoms with E-state index >= 15 is 0 Å². The number of anilines is 1. The Morgan fingerprint density at radius 1 is 1.15 bits per heavy atom. The molecular formula is C20H16N4O3. The van der Waals surface area contributed by atoms with E-state index in [4.69, 9.17) is 10.5 Å². The van der Waals surface area contributed by atoms with Crippen molar-refractivity contribution in [1.82, 2.24) is 4.98 Å². The monoisotopic (exact) mass is 360 g/mol. The number of nitriles is 1. The second kappa shape index (κ2) is 7.14. The van der Waals surface area contributed by atoms with Gasteiger partial charge in [0.05, 0.1) is 12.0 Å². The minimum atomic E-state index is -0.472. The summed E-state index contributed by atoms with van der Waals surface area (Å²) in [5, 5.41) is 20.8. The Kier molecular flexibility index (Phi) is 4.73. The summed E-state index contributed by atoms with van der Waals surface area (Å²) in [6, 6.07) is 15.5. The molecule has 0 aliphatic rings. The van der Waals surface area contributed by atoms with Crippen LogP contribution in [-0.4, -0.2) is 17.0 Å². The highest BCUT2D eigenvalue weighted by Crippen LogP contribution is 2.39. The van der Waals surface area contributed by atoms with Gasteiger partial charge in [0.25, 0.3) is 5.69 Å². The number of pyridine rings is 1. The molecule has 0 fully saturated rings. The van der Waals surface area contributed by atoms with Crippen molar-refractivity contribution in [1.29, 1.82) is 5.26 Å². The lowest BCUT2D eigenvalue weighted by molar-refractivity contribution is -0.384. The summed E-state index contributed by atoms with van der Waals surface area (Å²) in [6.45, 7) is 1.79. The summed E-state index contributed by atoms with van der Waals surface area (Å²) in [4.78, 5) is 15.0. The molecule has 3 aromatic rings. The molecule has 0 radical (unpaired) electrons. The Bertz CT molecular complexity index is 1070. The molecule has 0 spiro atoms. The van der Waals surface area contributed by atoms with Crippen LogP contribution in [0.25, 0.3) is 22.3 Å². The summed E-state index contributed by atoms with van der Waals surface area (Å²) in [5.74, 6) is 0.783. The number of nitro benzene ring substituents is 1. The zero-order chi connectivity index (χ0) is 19.6. The fourth-order valence-electron chi connectivity index (χ4n) is 3.01. The molecule has 0 aliphatic carbocycles. The molecule has 0 unspecified atom stereocenters. The van der Waals surface area contributed by atoms with E-state index in [1.54, 1.807) is 38.3 Å². The van der Waals surface area contributed by atoms with Crippen LogP contribution in [0.1, 0.15) is 11.3 Å². The quantitative estimate of drug-likeness (QED) is 0.553. The van der Waals surface area contributed by atoms with Gasteiger partial charge in [0, 0.05) is 29.0 Å². The maximum atomic E-state index is 11.2. The molecule has 27 heavy (non-hydrogen) atoms. The number of non-ortho nitro benzene ring substituents is 1. The van der Waals surface area contributed by atoms with E-state index in [0.29, 0.717) is 28.1 Å². The Labute approximate surface area is 155 Å². The van der Waals surface area contributed by atoms with Gasteiger partial charge in [-0.15, -0.1) is 0 Å². The second-order valence-electron chi connectivity index (χ2n) is 5.86. The molecule has 2 N–H and O–H groups in total. The van der Waals surface area contributed by atoms with Crippen molar-refractivity contribution in [2.24, 2.45) is 0 Å². The first-order chi connectivity index (χ1) is 13.0. The van der Waals surface area contributed by atoms with Crippen molar-refractivity contribution in [3.63, 3.8) is 0 Å². The largest absolute Gasteiger partial charge is 0.497 e. The number of rotatable bonds is 4. The minimum Gasteiger partial charge on any atom is -0.497 e. The average molecular weight is 360 g/mol. The maximum Gasteiger partial charge on any atom is 0.270 e. The van der Waals surface area contributed by atoms with Gasteiger partial charge in [0.2, 0.25) is 0 Å². The fourth-order valence-corrected chi connectivity index (χ4v) is 3.01. The summed E-state index contributed by atoms with van der Waals surface area (Å²) >= 11 is 0. The van der Waals surface area contributed by atoms with E-state index < -0.39 is 4.92 Å². The number of nitrogen functional groups attached to an aromatic ring is 1. The second-order valence-corrected chi connectivity index (χ2v) is 5.86. The lowest BCUT2D eigenvalue weighted by atomic mass is 9.90. The molecule has 7 heteroatoms. The SMILES string of the molecule is COc1ccc(-c2c(C)nc(N)c(C#N)c2-c2cccc([N+](=O)[O-])c2)cc1. The molecule has 134 valence electrons. The fraction of sp³-hybridized carbons (Fsp3) is 0.100. The number of methoxy groups -OCH3 is 1. The van der Waals surface area contributed by atoms with E-state index in [2.05, 4.69) is 11.1 Å². The maximum absolute atomic E-state index is 11.2. The highest BCUT2D eigenvalue weighted by atomic mass is 16.6. The van der Waals surface area contributed by atoms with E-state index in [1.165, 1.54) is 12.1 Å². The number of nitro groups is 1. The van der Waals surface area contributed by atoms with Crippen LogP contribution in [0.4, 0.5) is 11.5 Å². The number of hydrogen-bond acceptors (Lipinski definition) is 6. The summed E-state index contributed by atoms with van der Waals surface area (Å²) in [7, 11) is 1.58. The summed E-state index contributed by atoms with van der Waals surface area (Å²) < 4.78 is 5.19. The van der Waals surface area contributed by atoms with E-state index in [9.17, 15) is 15.4 Å². The normalized spacial score (nSPS) is 10.3. The van der Waals surface area contributed by atoms with Crippen LogP contribution >= 0.6 is 0 Å². The van der Waals surface area contributed by atoms with Crippen molar-refractivity contribution >= 4 is 11.5 Å². The number of nitrogens with two attached hydrogens (primary N) is 1. The van der Waals surface area contributed by atoms with Crippen LogP contribution < -0.4 is 10.5 Å². The highest BCUT2D eigenvalue weighted by Gasteiger charge is 2.21. The first-order valence-corrected chi connectivity index (χ1v) is 8.05. The molecule has 1 heterocycles. The van der Waals surface area contributed by atoms with Crippen LogP contribution in [0.2, 0.25) is 0 Å². The summed E-state index contributed by atoms with van der Waals surface area (Å²) in [6.07, 6.45) is 0. The first kappa shape index (κ1) is 17.9. The van der Waals surface area contributed by atoms with Crippen molar-refractivity contribution < 1.29 is 9.66 Å². The third-order valence-electron chi connectivity index (χ3n) is 4.24. The van der Waals surface area contributed by atoms with Crippen molar-refractivity contribution in [3.8, 4) is 34.1 Å². The van der Waals surface area contributed by atoms with Crippen molar-refractivity contribution in [2.45, 2.75) is 6.92 Å². The number of aryl methyl sites for hydroxylation is 1. The van der Waals surface area contributed by atoms with Crippen LogP contribution in [0.15, 0.2) is 48.5 Å². The lowest BCUT2D eigenvalue weighted by Crippen LogP contribution is -2.03. The zero-order valence-electron chi connectivity index (χ0n) is 14.8. The number of nitrogens with zero attached hydrogens (tertiary/aromatic N) is 3. The van der Waals surface area contributed by atoms with Crippen molar-refractivity contribution in [3.05, 3.63) is 69.9 Å². The standard InChI is InChI=1S/C20H16N4O3/c1-12-18(13-6-8-16(27-2)9-7-13)19(17(11-21)20(22)23-12)14-4-3-5-15(10-14)24(25)26/h3-10H,1-2H3,(H2,22,23). The molecule has 3 rings (SSSR count). The van der Waals surface area contributed by atoms with Gasteiger partial charge in [-0.3, -0.25) is 10.1 Å². The van der Waals surface area contributed by atoms with Gasteiger partial charge >= 0.3 is 0 Å². The molecule has 0 atom stereocenters. The summed E-state index contributed by atoms with van der Waals surface area (Å²) in [5.41, 5.74) is 9.28. The van der Waals surface area contributed by atoms with E-state index in [1.807, 2.05) is 12.1 Å². The predicted molar refractivity (Wildman–Crippen MR) is 102 cm³/mol. The van der Waals surface area contributed by atoms with Gasteiger partial charge < -0.3 is 10.5 Å². The number of aromatic nitrogens is 1. The molecule has 0 amide bonds. The Morgan fingerprint density at radius 2 is 1.85 bits per heavy atom. The van der Waals surface area contributed by atoms with Crippen LogP contribution in [-0.2, 0) is 0 Å². The Morgan fingerprint density at radius 3 is 2.44 bits per heavy atom. The molecule has 1 aromatic heterocycles. The van der Waals surface area contributed by atoms with Gasteiger partial charge in [-0.05, 0) is 30.2 Å². The molecule has 2 aromatic carbocycles. The van der Waals surface area contributed by atoms with Crippen LogP contribution in [0, 0.1) is 28.4 Å². The molecular weight excluding hydrogens is 344 g/mol.